The monoisotopic (exact) mass is 315 g/mol. The van der Waals surface area contributed by atoms with E-state index in [0.29, 0.717) is 5.56 Å². The summed E-state index contributed by atoms with van der Waals surface area (Å²) in [6.45, 7) is 7.81. The van der Waals surface area contributed by atoms with Crippen LogP contribution in [-0.4, -0.2) is 27.2 Å². The van der Waals surface area contributed by atoms with E-state index in [0.717, 1.165) is 16.8 Å². The van der Waals surface area contributed by atoms with Crippen LogP contribution >= 0.6 is 0 Å². The number of H-pyrrole nitrogens is 1. The standard InChI is InChI=1S/C17H21N3O3/c1-9(2)13-8-14(20-19-13)16(21)18-15(17(22)23)12-6-5-10(3)11(4)7-12/h5-9,15H,1-4H3,(H,18,21)(H,19,20)(H,22,23). The van der Waals surface area contributed by atoms with Gasteiger partial charge in [-0.05, 0) is 42.5 Å². The third kappa shape index (κ3) is 3.77. The minimum Gasteiger partial charge on any atom is -0.479 e. The zero-order valence-corrected chi connectivity index (χ0v) is 13.7. The van der Waals surface area contributed by atoms with Crippen LogP contribution in [0.1, 0.15) is 58.7 Å². The lowest BCUT2D eigenvalue weighted by molar-refractivity contribution is -0.139. The van der Waals surface area contributed by atoms with Crippen molar-refractivity contribution in [3.63, 3.8) is 0 Å². The van der Waals surface area contributed by atoms with E-state index in [1.807, 2.05) is 33.8 Å². The van der Waals surface area contributed by atoms with Gasteiger partial charge >= 0.3 is 5.97 Å². The number of carbonyl (C=O) groups is 2. The van der Waals surface area contributed by atoms with Crippen molar-refractivity contribution in [2.75, 3.05) is 0 Å². The van der Waals surface area contributed by atoms with Crippen LogP contribution in [0.15, 0.2) is 24.3 Å². The first-order chi connectivity index (χ1) is 10.8. The van der Waals surface area contributed by atoms with Crippen molar-refractivity contribution in [3.05, 3.63) is 52.3 Å². The molecular weight excluding hydrogens is 294 g/mol. The van der Waals surface area contributed by atoms with Gasteiger partial charge in [-0.15, -0.1) is 0 Å². The van der Waals surface area contributed by atoms with E-state index < -0.39 is 17.9 Å². The number of nitrogens with one attached hydrogen (secondary N) is 2. The van der Waals surface area contributed by atoms with Gasteiger partial charge in [0.15, 0.2) is 6.04 Å². The van der Waals surface area contributed by atoms with E-state index in [9.17, 15) is 14.7 Å². The van der Waals surface area contributed by atoms with Crippen LogP contribution < -0.4 is 5.32 Å². The van der Waals surface area contributed by atoms with Crippen molar-refractivity contribution in [2.45, 2.75) is 39.7 Å². The summed E-state index contributed by atoms with van der Waals surface area (Å²) >= 11 is 0. The van der Waals surface area contributed by atoms with Crippen molar-refractivity contribution >= 4 is 11.9 Å². The lowest BCUT2D eigenvalue weighted by Crippen LogP contribution is -2.34. The molecule has 6 heteroatoms. The number of benzene rings is 1. The molecule has 3 N–H and O–H groups in total. The van der Waals surface area contributed by atoms with Gasteiger partial charge in [-0.3, -0.25) is 9.89 Å². The fraction of sp³-hybridized carbons (Fsp3) is 0.353. The van der Waals surface area contributed by atoms with E-state index in [4.69, 9.17) is 0 Å². The van der Waals surface area contributed by atoms with Gasteiger partial charge in [-0.25, -0.2) is 4.79 Å². The number of aromatic amines is 1. The number of aryl methyl sites for hydroxylation is 2. The van der Waals surface area contributed by atoms with E-state index >= 15 is 0 Å². The number of aromatic nitrogens is 2. The second kappa shape index (κ2) is 6.64. The molecule has 23 heavy (non-hydrogen) atoms. The highest BCUT2D eigenvalue weighted by Crippen LogP contribution is 2.19. The Morgan fingerprint density at radius 3 is 2.39 bits per heavy atom. The number of carboxylic acid groups (broad SMARTS) is 1. The zero-order chi connectivity index (χ0) is 17.1. The molecule has 1 atom stereocenters. The summed E-state index contributed by atoms with van der Waals surface area (Å²) < 4.78 is 0. The van der Waals surface area contributed by atoms with Crippen molar-refractivity contribution in [2.24, 2.45) is 0 Å². The third-order valence-corrected chi connectivity index (χ3v) is 3.84. The van der Waals surface area contributed by atoms with Gasteiger partial charge < -0.3 is 10.4 Å². The van der Waals surface area contributed by atoms with Gasteiger partial charge in [0.05, 0.1) is 0 Å². The summed E-state index contributed by atoms with van der Waals surface area (Å²) in [6.07, 6.45) is 0. The van der Waals surface area contributed by atoms with E-state index in [1.54, 1.807) is 18.2 Å². The van der Waals surface area contributed by atoms with Crippen molar-refractivity contribution in [1.82, 2.24) is 15.5 Å². The second-order valence-corrected chi connectivity index (χ2v) is 5.95. The van der Waals surface area contributed by atoms with Gasteiger partial charge in [0.1, 0.15) is 5.69 Å². The SMILES string of the molecule is Cc1ccc(C(NC(=O)c2cc(C(C)C)[nH]n2)C(=O)O)cc1C. The molecule has 0 saturated carbocycles. The minimum atomic E-state index is -1.11. The number of carboxylic acids is 1. The molecule has 0 aliphatic rings. The Hall–Kier alpha value is -2.63. The Bertz CT molecular complexity index is 734. The van der Waals surface area contributed by atoms with Gasteiger partial charge in [0.2, 0.25) is 0 Å². The molecule has 0 saturated heterocycles. The topological polar surface area (TPSA) is 95.1 Å². The van der Waals surface area contributed by atoms with Crippen LogP contribution in [-0.2, 0) is 4.79 Å². The van der Waals surface area contributed by atoms with Crippen LogP contribution in [0.2, 0.25) is 0 Å². The predicted octanol–water partition coefficient (Wildman–Crippen LogP) is 2.71. The molecule has 0 bridgehead atoms. The number of amides is 1. The molecule has 1 aromatic heterocycles. The van der Waals surface area contributed by atoms with Crippen molar-refractivity contribution < 1.29 is 14.7 Å². The Balaban J connectivity index is 2.23. The molecule has 1 amide bonds. The quantitative estimate of drug-likeness (QED) is 0.790. The summed E-state index contributed by atoms with van der Waals surface area (Å²) in [5, 5.41) is 18.7. The lowest BCUT2D eigenvalue weighted by Gasteiger charge is -2.15. The number of rotatable bonds is 5. The normalized spacial score (nSPS) is 12.2. The third-order valence-electron chi connectivity index (χ3n) is 3.84. The molecule has 0 radical (unpaired) electrons. The largest absolute Gasteiger partial charge is 0.479 e. The Morgan fingerprint density at radius 2 is 1.87 bits per heavy atom. The summed E-state index contributed by atoms with van der Waals surface area (Å²) in [4.78, 5) is 23.8. The van der Waals surface area contributed by atoms with Crippen LogP contribution in [0.5, 0.6) is 0 Å². The fourth-order valence-corrected chi connectivity index (χ4v) is 2.19. The van der Waals surface area contributed by atoms with Gasteiger partial charge in [-0.1, -0.05) is 32.0 Å². The molecule has 1 aromatic carbocycles. The van der Waals surface area contributed by atoms with Crippen LogP contribution in [0, 0.1) is 13.8 Å². The highest BCUT2D eigenvalue weighted by Gasteiger charge is 2.24. The second-order valence-electron chi connectivity index (χ2n) is 5.95. The van der Waals surface area contributed by atoms with Gasteiger partial charge in [0.25, 0.3) is 5.91 Å². The summed E-state index contributed by atoms with van der Waals surface area (Å²) in [5.41, 5.74) is 3.59. The van der Waals surface area contributed by atoms with Crippen LogP contribution in [0.25, 0.3) is 0 Å². The first-order valence-corrected chi connectivity index (χ1v) is 7.45. The highest BCUT2D eigenvalue weighted by atomic mass is 16.4. The van der Waals surface area contributed by atoms with Crippen molar-refractivity contribution in [3.8, 4) is 0 Å². The molecule has 2 rings (SSSR count). The summed E-state index contributed by atoms with van der Waals surface area (Å²) in [6, 6.07) is 5.86. The first-order valence-electron chi connectivity index (χ1n) is 7.45. The van der Waals surface area contributed by atoms with E-state index in [-0.39, 0.29) is 11.6 Å². The van der Waals surface area contributed by atoms with Gasteiger partial charge in [0, 0.05) is 5.69 Å². The number of aliphatic carboxylic acids is 1. The number of hydrogen-bond donors (Lipinski definition) is 3. The molecule has 2 aromatic rings. The maximum Gasteiger partial charge on any atom is 0.330 e. The molecule has 6 nitrogen and oxygen atoms in total. The van der Waals surface area contributed by atoms with E-state index in [2.05, 4.69) is 15.5 Å². The highest BCUT2D eigenvalue weighted by molar-refractivity contribution is 5.95. The number of nitrogens with zero attached hydrogens (tertiary/aromatic N) is 1. The molecule has 0 aliphatic carbocycles. The summed E-state index contributed by atoms with van der Waals surface area (Å²) in [7, 11) is 0. The van der Waals surface area contributed by atoms with Crippen molar-refractivity contribution in [1.29, 1.82) is 0 Å². The maximum absolute atomic E-state index is 12.3. The minimum absolute atomic E-state index is 0.184. The fourth-order valence-electron chi connectivity index (χ4n) is 2.19. The lowest BCUT2D eigenvalue weighted by atomic mass is 10.0. The zero-order valence-electron chi connectivity index (χ0n) is 13.7. The molecule has 0 fully saturated rings. The molecule has 0 spiro atoms. The smallest absolute Gasteiger partial charge is 0.330 e. The van der Waals surface area contributed by atoms with E-state index in [1.165, 1.54) is 0 Å². The average Bonchev–Trinajstić information content (AvgIpc) is 2.97. The molecule has 1 heterocycles. The Labute approximate surface area is 134 Å². The number of carbonyl (C=O) groups excluding carboxylic acids is 1. The molecule has 0 aliphatic heterocycles. The van der Waals surface area contributed by atoms with Crippen LogP contribution in [0.3, 0.4) is 0 Å². The number of hydrogen-bond acceptors (Lipinski definition) is 3. The van der Waals surface area contributed by atoms with Gasteiger partial charge in [-0.2, -0.15) is 5.10 Å². The maximum atomic E-state index is 12.3. The summed E-state index contributed by atoms with van der Waals surface area (Å²) in [5.74, 6) is -1.42. The predicted molar refractivity (Wildman–Crippen MR) is 86.4 cm³/mol. The average molecular weight is 315 g/mol. The molecular formula is C17H21N3O3. The Kier molecular flexibility index (Phi) is 4.83. The Morgan fingerprint density at radius 1 is 1.17 bits per heavy atom. The first kappa shape index (κ1) is 16.7. The molecule has 122 valence electrons. The molecule has 1 unspecified atom stereocenters. The van der Waals surface area contributed by atoms with Crippen LogP contribution in [0.4, 0.5) is 0 Å².